The molecule has 1 aromatic carbocycles. The molecule has 5 nitrogen and oxygen atoms in total. The number of alkyl halides is 1. The third kappa shape index (κ3) is 7.41. The molecule has 0 aliphatic carbocycles. The van der Waals surface area contributed by atoms with E-state index in [1.807, 2.05) is 0 Å². The molecule has 0 aliphatic heterocycles. The van der Waals surface area contributed by atoms with Crippen molar-refractivity contribution in [3.8, 4) is 0 Å². The summed E-state index contributed by atoms with van der Waals surface area (Å²) in [5, 5.41) is 3.12. The van der Waals surface area contributed by atoms with E-state index in [0.29, 0.717) is 10.9 Å². The molecule has 21 heavy (non-hydrogen) atoms. The molecule has 0 radical (unpaired) electrons. The number of nitrogens with one attached hydrogen (secondary N) is 1. The molecule has 0 bridgehead atoms. The van der Waals surface area contributed by atoms with Gasteiger partial charge in [0.2, 0.25) is 5.91 Å². The van der Waals surface area contributed by atoms with Crippen molar-refractivity contribution in [2.24, 2.45) is 0 Å². The van der Waals surface area contributed by atoms with Crippen molar-refractivity contribution in [1.82, 2.24) is 5.32 Å². The largest absolute Gasteiger partial charge is 0.457 e. The first-order chi connectivity index (χ1) is 10.1. The predicted molar refractivity (Wildman–Crippen MR) is 82.3 cm³/mol. The van der Waals surface area contributed by atoms with E-state index in [1.54, 1.807) is 36.4 Å². The van der Waals surface area contributed by atoms with E-state index in [0.717, 1.165) is 0 Å². The highest BCUT2D eigenvalue weighted by molar-refractivity contribution is 9.09. The molecule has 1 aromatic rings. The summed E-state index contributed by atoms with van der Waals surface area (Å²) in [6, 6.07) is 8.60. The van der Waals surface area contributed by atoms with Gasteiger partial charge >= 0.3 is 5.97 Å². The molecular formula is C15H16BrNO4. The molecule has 0 aliphatic rings. The van der Waals surface area contributed by atoms with Crippen LogP contribution in [0.4, 0.5) is 0 Å². The number of halogens is 1. The fourth-order valence-corrected chi connectivity index (χ4v) is 1.61. The first kappa shape index (κ1) is 17.1. The van der Waals surface area contributed by atoms with Crippen molar-refractivity contribution >= 4 is 33.6 Å². The fourth-order valence-electron chi connectivity index (χ4n) is 1.42. The quantitative estimate of drug-likeness (QED) is 0.335. The van der Waals surface area contributed by atoms with E-state index in [2.05, 4.69) is 21.2 Å². The van der Waals surface area contributed by atoms with Gasteiger partial charge in [-0.2, -0.15) is 0 Å². The zero-order chi connectivity index (χ0) is 15.5. The standard InChI is InChI=1S/C15H16BrNO4/c16-9-4-7-14(19)17-10-8-15(20)21-11-13(18)12-5-2-1-3-6-12/h1-7H,8-11H2,(H,17,19)/b7-4+. The van der Waals surface area contributed by atoms with Crippen molar-refractivity contribution in [1.29, 1.82) is 0 Å². The maximum atomic E-state index is 11.7. The molecule has 0 saturated carbocycles. The van der Waals surface area contributed by atoms with Gasteiger partial charge in [-0.3, -0.25) is 14.4 Å². The molecule has 1 rings (SSSR count). The topological polar surface area (TPSA) is 72.5 Å². The number of Topliss-reactive ketones (excluding diaryl/α,β-unsaturated/α-hetero) is 1. The van der Waals surface area contributed by atoms with E-state index < -0.39 is 5.97 Å². The number of ketones is 1. The number of benzene rings is 1. The van der Waals surface area contributed by atoms with Gasteiger partial charge in [0.1, 0.15) is 0 Å². The molecule has 0 unspecified atom stereocenters. The van der Waals surface area contributed by atoms with Gasteiger partial charge in [0.15, 0.2) is 12.4 Å². The summed E-state index contributed by atoms with van der Waals surface area (Å²) in [6.07, 6.45) is 3.04. The van der Waals surface area contributed by atoms with Crippen LogP contribution in [0, 0.1) is 0 Å². The van der Waals surface area contributed by atoms with Crippen LogP contribution >= 0.6 is 15.9 Å². The summed E-state index contributed by atoms with van der Waals surface area (Å²) < 4.78 is 4.86. The third-order valence-electron chi connectivity index (χ3n) is 2.45. The van der Waals surface area contributed by atoms with E-state index in [1.165, 1.54) is 6.08 Å². The van der Waals surface area contributed by atoms with Crippen LogP contribution in [-0.4, -0.2) is 36.1 Å². The molecule has 0 spiro atoms. The Morgan fingerprint density at radius 2 is 1.90 bits per heavy atom. The maximum Gasteiger partial charge on any atom is 0.308 e. The normalized spacial score (nSPS) is 10.3. The first-order valence-corrected chi connectivity index (χ1v) is 7.50. The van der Waals surface area contributed by atoms with Crippen molar-refractivity contribution in [3.63, 3.8) is 0 Å². The number of rotatable bonds is 8. The van der Waals surface area contributed by atoms with E-state index in [4.69, 9.17) is 4.74 Å². The number of amides is 1. The maximum absolute atomic E-state index is 11.7. The number of hydrogen-bond acceptors (Lipinski definition) is 4. The summed E-state index contributed by atoms with van der Waals surface area (Å²) >= 11 is 3.15. The Bertz CT molecular complexity index is 514. The number of carbonyl (C=O) groups is 3. The lowest BCUT2D eigenvalue weighted by Crippen LogP contribution is -2.25. The van der Waals surface area contributed by atoms with Gasteiger partial charge in [-0.15, -0.1) is 0 Å². The minimum absolute atomic E-state index is 0.0238. The Labute approximate surface area is 131 Å². The number of carbonyl (C=O) groups excluding carboxylic acids is 3. The first-order valence-electron chi connectivity index (χ1n) is 6.37. The second-order valence-electron chi connectivity index (χ2n) is 4.05. The minimum atomic E-state index is -0.524. The van der Waals surface area contributed by atoms with Gasteiger partial charge in [-0.1, -0.05) is 52.3 Å². The molecule has 1 amide bonds. The molecule has 0 aromatic heterocycles. The number of esters is 1. The Balaban J connectivity index is 2.21. The molecule has 0 saturated heterocycles. The summed E-state index contributed by atoms with van der Waals surface area (Å²) in [6.45, 7) is -0.121. The Hall–Kier alpha value is -1.95. The monoisotopic (exact) mass is 353 g/mol. The lowest BCUT2D eigenvalue weighted by molar-refractivity contribution is -0.142. The van der Waals surface area contributed by atoms with Crippen LogP contribution in [0.2, 0.25) is 0 Å². The van der Waals surface area contributed by atoms with Gasteiger partial charge in [0, 0.05) is 17.4 Å². The van der Waals surface area contributed by atoms with Gasteiger partial charge in [-0.25, -0.2) is 0 Å². The van der Waals surface area contributed by atoms with E-state index in [-0.39, 0.29) is 31.3 Å². The minimum Gasteiger partial charge on any atom is -0.457 e. The van der Waals surface area contributed by atoms with Gasteiger partial charge in [-0.05, 0) is 6.08 Å². The molecule has 0 fully saturated rings. The van der Waals surface area contributed by atoms with Crippen LogP contribution in [0.3, 0.4) is 0 Å². The summed E-state index contributed by atoms with van der Waals surface area (Å²) in [4.78, 5) is 34.3. The van der Waals surface area contributed by atoms with Crippen LogP contribution in [-0.2, 0) is 14.3 Å². The van der Waals surface area contributed by atoms with Crippen molar-refractivity contribution in [2.75, 3.05) is 18.5 Å². The molecule has 1 N–H and O–H groups in total. The number of ether oxygens (including phenoxy) is 1. The van der Waals surface area contributed by atoms with Crippen LogP contribution < -0.4 is 5.32 Å². The van der Waals surface area contributed by atoms with Gasteiger partial charge in [0.25, 0.3) is 0 Å². The van der Waals surface area contributed by atoms with Gasteiger partial charge in [0.05, 0.1) is 6.42 Å². The smallest absolute Gasteiger partial charge is 0.308 e. The molecular weight excluding hydrogens is 338 g/mol. The highest BCUT2D eigenvalue weighted by atomic mass is 79.9. The number of allylic oxidation sites excluding steroid dienone is 1. The van der Waals surface area contributed by atoms with Crippen LogP contribution in [0.1, 0.15) is 16.8 Å². The molecule has 0 heterocycles. The van der Waals surface area contributed by atoms with Crippen molar-refractivity contribution in [3.05, 3.63) is 48.0 Å². The molecule has 0 atom stereocenters. The zero-order valence-corrected chi connectivity index (χ0v) is 13.0. The average molecular weight is 354 g/mol. The lowest BCUT2D eigenvalue weighted by Gasteiger charge is -2.05. The number of hydrogen-bond donors (Lipinski definition) is 1. The Kier molecular flexibility index (Phi) is 8.04. The van der Waals surface area contributed by atoms with Crippen LogP contribution in [0.25, 0.3) is 0 Å². The van der Waals surface area contributed by atoms with Crippen molar-refractivity contribution in [2.45, 2.75) is 6.42 Å². The van der Waals surface area contributed by atoms with E-state index >= 15 is 0 Å². The highest BCUT2D eigenvalue weighted by Gasteiger charge is 2.09. The van der Waals surface area contributed by atoms with Crippen molar-refractivity contribution < 1.29 is 19.1 Å². The van der Waals surface area contributed by atoms with Gasteiger partial charge < -0.3 is 10.1 Å². The summed E-state index contributed by atoms with van der Waals surface area (Å²) in [5.74, 6) is -1.06. The average Bonchev–Trinajstić information content (AvgIpc) is 2.51. The Morgan fingerprint density at radius 3 is 2.57 bits per heavy atom. The molecule has 6 heteroatoms. The summed E-state index contributed by atoms with van der Waals surface area (Å²) in [5.41, 5.74) is 0.499. The van der Waals surface area contributed by atoms with Crippen LogP contribution in [0.5, 0.6) is 0 Å². The second-order valence-corrected chi connectivity index (χ2v) is 4.70. The summed E-state index contributed by atoms with van der Waals surface area (Å²) in [7, 11) is 0. The highest BCUT2D eigenvalue weighted by Crippen LogP contribution is 2.00. The third-order valence-corrected chi connectivity index (χ3v) is 2.82. The van der Waals surface area contributed by atoms with Crippen LogP contribution in [0.15, 0.2) is 42.5 Å². The zero-order valence-electron chi connectivity index (χ0n) is 11.4. The lowest BCUT2D eigenvalue weighted by atomic mass is 10.1. The Morgan fingerprint density at radius 1 is 1.19 bits per heavy atom. The SMILES string of the molecule is O=C(/C=C/CBr)NCCC(=O)OCC(=O)c1ccccc1. The fraction of sp³-hybridized carbons (Fsp3) is 0.267. The van der Waals surface area contributed by atoms with E-state index in [9.17, 15) is 14.4 Å². The predicted octanol–water partition coefficient (Wildman–Crippen LogP) is 1.87. The molecule has 112 valence electrons. The second kappa shape index (κ2) is 9.88.